The molecule has 128 valence electrons. The standard InChI is InChI=1S/C13H16F3N3O3S/c14-13(15,16)9-6-17-11(23-9)19-10(20)18-8-1-3-22-12(5-8)2-4-21-7-12/h6,8H,1-5,7H2,(H2,17,18,19,20). The summed E-state index contributed by atoms with van der Waals surface area (Å²) in [6.07, 6.45) is -1.68. The lowest BCUT2D eigenvalue weighted by Crippen LogP contribution is -2.49. The number of carbonyl (C=O) groups excluding carboxylic acids is 1. The average molecular weight is 351 g/mol. The largest absolute Gasteiger partial charge is 0.427 e. The van der Waals surface area contributed by atoms with Crippen molar-refractivity contribution < 1.29 is 27.4 Å². The van der Waals surface area contributed by atoms with Crippen LogP contribution in [0.4, 0.5) is 23.1 Å². The molecule has 0 saturated carbocycles. The van der Waals surface area contributed by atoms with Crippen molar-refractivity contribution >= 4 is 22.5 Å². The molecule has 2 fully saturated rings. The quantitative estimate of drug-likeness (QED) is 0.859. The Hall–Kier alpha value is -1.39. The maximum absolute atomic E-state index is 12.5. The first-order valence-electron chi connectivity index (χ1n) is 7.19. The first-order valence-corrected chi connectivity index (χ1v) is 8.00. The van der Waals surface area contributed by atoms with Crippen LogP contribution in [0.25, 0.3) is 0 Å². The number of aromatic nitrogens is 1. The molecule has 3 heterocycles. The van der Waals surface area contributed by atoms with Crippen LogP contribution in [0.1, 0.15) is 24.1 Å². The van der Waals surface area contributed by atoms with E-state index in [0.717, 1.165) is 6.42 Å². The average Bonchev–Trinajstić information content (AvgIpc) is 3.08. The van der Waals surface area contributed by atoms with Gasteiger partial charge in [-0.1, -0.05) is 11.3 Å². The van der Waals surface area contributed by atoms with Gasteiger partial charge < -0.3 is 14.8 Å². The lowest BCUT2D eigenvalue weighted by atomic mass is 9.90. The second-order valence-corrected chi connectivity index (χ2v) is 6.68. The zero-order valence-electron chi connectivity index (χ0n) is 12.1. The Bertz CT molecular complexity index is 572. The number of rotatable bonds is 2. The van der Waals surface area contributed by atoms with E-state index < -0.39 is 17.1 Å². The summed E-state index contributed by atoms with van der Waals surface area (Å²) in [5.41, 5.74) is -0.346. The Morgan fingerprint density at radius 2 is 2.26 bits per heavy atom. The van der Waals surface area contributed by atoms with Crippen LogP contribution in [-0.2, 0) is 15.7 Å². The molecule has 23 heavy (non-hydrogen) atoms. The van der Waals surface area contributed by atoms with Gasteiger partial charge in [-0.05, 0) is 12.8 Å². The lowest BCUT2D eigenvalue weighted by molar-refractivity contribution is -0.134. The van der Waals surface area contributed by atoms with Crippen molar-refractivity contribution in [1.82, 2.24) is 10.3 Å². The van der Waals surface area contributed by atoms with Crippen LogP contribution in [0.5, 0.6) is 0 Å². The van der Waals surface area contributed by atoms with Gasteiger partial charge in [0.25, 0.3) is 0 Å². The van der Waals surface area contributed by atoms with E-state index in [1.807, 2.05) is 0 Å². The number of halogens is 3. The zero-order chi connectivity index (χ0) is 16.5. The normalized spacial score (nSPS) is 28.0. The molecule has 2 amide bonds. The summed E-state index contributed by atoms with van der Waals surface area (Å²) >= 11 is 0.396. The fraction of sp³-hybridized carbons (Fsp3) is 0.692. The molecule has 2 aliphatic rings. The van der Waals surface area contributed by atoms with Crippen molar-refractivity contribution in [2.45, 2.75) is 37.1 Å². The van der Waals surface area contributed by atoms with Gasteiger partial charge in [-0.2, -0.15) is 13.2 Å². The molecule has 3 rings (SSSR count). The fourth-order valence-electron chi connectivity index (χ4n) is 2.80. The number of nitrogens with zero attached hydrogens (tertiary/aromatic N) is 1. The number of amides is 2. The van der Waals surface area contributed by atoms with Crippen molar-refractivity contribution in [2.75, 3.05) is 25.1 Å². The van der Waals surface area contributed by atoms with E-state index in [-0.39, 0.29) is 16.8 Å². The van der Waals surface area contributed by atoms with Gasteiger partial charge in [0.1, 0.15) is 4.88 Å². The van der Waals surface area contributed by atoms with Gasteiger partial charge >= 0.3 is 12.2 Å². The van der Waals surface area contributed by atoms with Crippen molar-refractivity contribution in [3.05, 3.63) is 11.1 Å². The van der Waals surface area contributed by atoms with Crippen LogP contribution in [0.3, 0.4) is 0 Å². The van der Waals surface area contributed by atoms with Crippen LogP contribution >= 0.6 is 11.3 Å². The number of carbonyl (C=O) groups is 1. The predicted octanol–water partition coefficient (Wildman–Crippen LogP) is 2.62. The highest BCUT2D eigenvalue weighted by Crippen LogP contribution is 2.35. The van der Waals surface area contributed by atoms with Crippen LogP contribution in [0, 0.1) is 0 Å². The van der Waals surface area contributed by atoms with E-state index >= 15 is 0 Å². The second kappa shape index (κ2) is 6.25. The van der Waals surface area contributed by atoms with Crippen LogP contribution in [0.2, 0.25) is 0 Å². The molecule has 2 aliphatic heterocycles. The minimum Gasteiger partial charge on any atom is -0.378 e. The van der Waals surface area contributed by atoms with E-state index in [1.54, 1.807) is 0 Å². The summed E-state index contributed by atoms with van der Waals surface area (Å²) in [7, 11) is 0. The van der Waals surface area contributed by atoms with E-state index in [2.05, 4.69) is 15.6 Å². The van der Waals surface area contributed by atoms with E-state index in [9.17, 15) is 18.0 Å². The predicted molar refractivity (Wildman–Crippen MR) is 76.4 cm³/mol. The molecule has 2 N–H and O–H groups in total. The summed E-state index contributed by atoms with van der Waals surface area (Å²) in [6.45, 7) is 1.66. The number of urea groups is 1. The molecular weight excluding hydrogens is 335 g/mol. The summed E-state index contributed by atoms with van der Waals surface area (Å²) in [6, 6.07) is -0.665. The number of alkyl halides is 3. The highest BCUT2D eigenvalue weighted by atomic mass is 32.1. The van der Waals surface area contributed by atoms with Gasteiger partial charge in [-0.15, -0.1) is 0 Å². The van der Waals surface area contributed by atoms with Gasteiger partial charge in [0.05, 0.1) is 18.4 Å². The van der Waals surface area contributed by atoms with E-state index in [0.29, 0.717) is 50.2 Å². The Kier molecular flexibility index (Phi) is 4.47. The number of thiazole rings is 1. The topological polar surface area (TPSA) is 72.5 Å². The maximum Gasteiger partial charge on any atom is 0.427 e. The Balaban J connectivity index is 1.54. The number of anilines is 1. The molecule has 10 heteroatoms. The third-order valence-corrected chi connectivity index (χ3v) is 4.86. The highest BCUT2D eigenvalue weighted by molar-refractivity contribution is 7.15. The first kappa shape index (κ1) is 16.5. The minimum absolute atomic E-state index is 0.0826. The summed E-state index contributed by atoms with van der Waals surface area (Å²) in [5.74, 6) is 0. The van der Waals surface area contributed by atoms with Crippen LogP contribution < -0.4 is 10.6 Å². The number of ether oxygens (including phenoxy) is 2. The highest BCUT2D eigenvalue weighted by Gasteiger charge is 2.41. The maximum atomic E-state index is 12.5. The molecule has 6 nitrogen and oxygen atoms in total. The Labute approximate surface area is 134 Å². The van der Waals surface area contributed by atoms with Crippen LogP contribution in [-0.4, -0.2) is 42.5 Å². The molecule has 1 spiro atoms. The zero-order valence-corrected chi connectivity index (χ0v) is 12.9. The molecule has 1 aromatic rings. The first-order chi connectivity index (χ1) is 10.9. The monoisotopic (exact) mass is 351 g/mol. The third kappa shape index (κ3) is 3.93. The van der Waals surface area contributed by atoms with Gasteiger partial charge in [0, 0.05) is 25.7 Å². The molecule has 0 aliphatic carbocycles. The van der Waals surface area contributed by atoms with Crippen molar-refractivity contribution in [1.29, 1.82) is 0 Å². The lowest BCUT2D eigenvalue weighted by Gasteiger charge is -2.37. The second-order valence-electron chi connectivity index (χ2n) is 5.65. The molecule has 2 unspecified atom stereocenters. The SMILES string of the molecule is O=C(Nc1ncc(C(F)(F)F)s1)NC1CCOC2(CCOC2)C1. The smallest absolute Gasteiger partial charge is 0.378 e. The summed E-state index contributed by atoms with van der Waals surface area (Å²) in [5, 5.41) is 5.03. The number of nitrogens with one attached hydrogen (secondary N) is 2. The molecule has 2 atom stereocenters. The fourth-order valence-corrected chi connectivity index (χ4v) is 3.47. The molecule has 0 bridgehead atoms. The summed E-state index contributed by atoms with van der Waals surface area (Å²) in [4.78, 5) is 14.7. The Morgan fingerprint density at radius 1 is 1.43 bits per heavy atom. The van der Waals surface area contributed by atoms with E-state index in [4.69, 9.17) is 9.47 Å². The van der Waals surface area contributed by atoms with Crippen molar-refractivity contribution in [2.24, 2.45) is 0 Å². The molecule has 0 aromatic carbocycles. The van der Waals surface area contributed by atoms with Crippen molar-refractivity contribution in [3.63, 3.8) is 0 Å². The Morgan fingerprint density at radius 3 is 2.91 bits per heavy atom. The minimum atomic E-state index is -4.45. The molecule has 0 radical (unpaired) electrons. The van der Waals surface area contributed by atoms with E-state index in [1.165, 1.54) is 0 Å². The molecule has 2 saturated heterocycles. The molecular formula is C13H16F3N3O3S. The third-order valence-electron chi connectivity index (χ3n) is 3.90. The van der Waals surface area contributed by atoms with Gasteiger partial charge in [-0.3, -0.25) is 5.32 Å². The van der Waals surface area contributed by atoms with Gasteiger partial charge in [-0.25, -0.2) is 9.78 Å². The summed E-state index contributed by atoms with van der Waals surface area (Å²) < 4.78 is 48.6. The van der Waals surface area contributed by atoms with Gasteiger partial charge in [0.15, 0.2) is 5.13 Å². The van der Waals surface area contributed by atoms with Crippen molar-refractivity contribution in [3.8, 4) is 0 Å². The van der Waals surface area contributed by atoms with Crippen LogP contribution in [0.15, 0.2) is 6.20 Å². The number of hydrogen-bond donors (Lipinski definition) is 2. The molecule has 1 aromatic heterocycles. The van der Waals surface area contributed by atoms with Gasteiger partial charge in [0.2, 0.25) is 0 Å². The number of hydrogen-bond acceptors (Lipinski definition) is 5.